The maximum atomic E-state index is 12.6. The van der Waals surface area contributed by atoms with Gasteiger partial charge >= 0.3 is 0 Å². The van der Waals surface area contributed by atoms with Gasteiger partial charge in [-0.1, -0.05) is 15.9 Å². The second kappa shape index (κ2) is 6.75. The zero-order valence-electron chi connectivity index (χ0n) is 12.4. The summed E-state index contributed by atoms with van der Waals surface area (Å²) in [6.45, 7) is 4.33. The number of nitriles is 1. The summed E-state index contributed by atoms with van der Waals surface area (Å²) in [5.41, 5.74) is 0.471. The number of nitrogens with one attached hydrogen (secondary N) is 1. The molecular weight excluding hydrogens is 346 g/mol. The number of fused-ring (bicyclic) bond motifs is 1. The fourth-order valence-electron chi connectivity index (χ4n) is 2.25. The molecular formula is C16H16BrN3O2. The normalized spacial score (nSPS) is 11.9. The van der Waals surface area contributed by atoms with Crippen molar-refractivity contribution in [3.05, 3.63) is 44.7 Å². The van der Waals surface area contributed by atoms with E-state index in [2.05, 4.69) is 27.0 Å². The van der Waals surface area contributed by atoms with Crippen molar-refractivity contribution in [3.8, 4) is 6.07 Å². The predicted octanol–water partition coefficient (Wildman–Crippen LogP) is 2.91. The monoisotopic (exact) mass is 361 g/mol. The Morgan fingerprint density at radius 1 is 1.50 bits per heavy atom. The maximum absolute atomic E-state index is 12.6. The molecule has 0 aliphatic carbocycles. The average molecular weight is 362 g/mol. The minimum atomic E-state index is -0.354. The number of benzene rings is 1. The molecule has 2 aromatic rings. The van der Waals surface area contributed by atoms with Crippen LogP contribution < -0.4 is 5.43 Å². The summed E-state index contributed by atoms with van der Waals surface area (Å²) >= 11 is 3.33. The molecule has 0 bridgehead atoms. The van der Waals surface area contributed by atoms with E-state index in [1.165, 1.54) is 11.1 Å². The molecule has 0 fully saturated rings. The van der Waals surface area contributed by atoms with Crippen molar-refractivity contribution >= 4 is 32.7 Å². The molecule has 1 atom stereocenters. The summed E-state index contributed by atoms with van der Waals surface area (Å²) in [5.74, 6) is -0.634. The Hall–Kier alpha value is -2.13. The van der Waals surface area contributed by atoms with Crippen molar-refractivity contribution in [3.63, 3.8) is 0 Å². The Morgan fingerprint density at radius 3 is 2.86 bits per heavy atom. The minimum Gasteiger partial charge on any atom is -0.360 e. The van der Waals surface area contributed by atoms with Crippen LogP contribution in [-0.4, -0.2) is 28.9 Å². The molecule has 1 aromatic heterocycles. The summed E-state index contributed by atoms with van der Waals surface area (Å²) in [5, 5.41) is 9.36. The topological polar surface area (TPSA) is 77.0 Å². The highest BCUT2D eigenvalue weighted by molar-refractivity contribution is 9.10. The lowest BCUT2D eigenvalue weighted by atomic mass is 10.1. The van der Waals surface area contributed by atoms with Gasteiger partial charge in [-0.2, -0.15) is 5.26 Å². The first-order valence-electron chi connectivity index (χ1n) is 6.97. The number of aromatic nitrogens is 1. The summed E-state index contributed by atoms with van der Waals surface area (Å²) in [6.07, 6.45) is 1.45. The third kappa shape index (κ3) is 3.20. The molecule has 0 saturated heterocycles. The number of amides is 1. The first-order valence-corrected chi connectivity index (χ1v) is 7.77. The van der Waals surface area contributed by atoms with Gasteiger partial charge in [0.15, 0.2) is 0 Å². The molecule has 1 amide bonds. The Labute approximate surface area is 136 Å². The Kier molecular flexibility index (Phi) is 4.99. The third-order valence-corrected chi connectivity index (χ3v) is 3.95. The number of carbonyl (C=O) groups is 1. The molecule has 22 heavy (non-hydrogen) atoms. The van der Waals surface area contributed by atoms with Gasteiger partial charge in [-0.15, -0.1) is 0 Å². The number of halogens is 1. The molecule has 5 nitrogen and oxygen atoms in total. The first kappa shape index (κ1) is 16.2. The van der Waals surface area contributed by atoms with E-state index in [0.29, 0.717) is 24.0 Å². The fourth-order valence-corrected chi connectivity index (χ4v) is 2.61. The molecule has 0 spiro atoms. The standard InChI is InChI=1S/C16H16BrN3O2/c1-3-20(9-10(2)7-18)16(22)13-8-19-14-5-4-11(17)6-12(14)15(13)21/h4-6,8,10H,3,9H2,1-2H3,(H,19,21). The quantitative estimate of drug-likeness (QED) is 0.909. The fraction of sp³-hybridized carbons (Fsp3) is 0.312. The molecule has 6 heteroatoms. The van der Waals surface area contributed by atoms with Gasteiger partial charge in [0, 0.05) is 34.7 Å². The number of aromatic amines is 1. The highest BCUT2D eigenvalue weighted by Gasteiger charge is 2.20. The number of hydrogen-bond donors (Lipinski definition) is 1. The van der Waals surface area contributed by atoms with Crippen molar-refractivity contribution in [2.75, 3.05) is 13.1 Å². The van der Waals surface area contributed by atoms with E-state index in [0.717, 1.165) is 4.47 Å². The lowest BCUT2D eigenvalue weighted by Crippen LogP contribution is -2.37. The van der Waals surface area contributed by atoms with Crippen molar-refractivity contribution in [1.29, 1.82) is 5.26 Å². The Morgan fingerprint density at radius 2 is 2.23 bits per heavy atom. The highest BCUT2D eigenvalue weighted by atomic mass is 79.9. The average Bonchev–Trinajstić information content (AvgIpc) is 2.52. The van der Waals surface area contributed by atoms with Gasteiger partial charge in [0.05, 0.1) is 12.0 Å². The maximum Gasteiger partial charge on any atom is 0.259 e. The molecule has 0 saturated carbocycles. The minimum absolute atomic E-state index is 0.0950. The summed E-state index contributed by atoms with van der Waals surface area (Å²) < 4.78 is 0.778. The van der Waals surface area contributed by atoms with E-state index in [-0.39, 0.29) is 22.8 Å². The van der Waals surface area contributed by atoms with Gasteiger partial charge in [-0.25, -0.2) is 0 Å². The number of carbonyl (C=O) groups excluding carboxylic acids is 1. The second-order valence-electron chi connectivity index (χ2n) is 5.10. The molecule has 1 unspecified atom stereocenters. The van der Waals surface area contributed by atoms with Crippen LogP contribution in [0.25, 0.3) is 10.9 Å². The number of nitrogens with zero attached hydrogens (tertiary/aromatic N) is 2. The zero-order chi connectivity index (χ0) is 16.3. The second-order valence-corrected chi connectivity index (χ2v) is 6.01. The summed E-state index contributed by atoms with van der Waals surface area (Å²) in [4.78, 5) is 29.6. The van der Waals surface area contributed by atoms with Crippen LogP contribution in [0, 0.1) is 17.2 Å². The molecule has 1 aromatic carbocycles. The number of H-pyrrole nitrogens is 1. The summed E-state index contributed by atoms with van der Waals surface area (Å²) in [7, 11) is 0. The molecule has 1 N–H and O–H groups in total. The number of pyridine rings is 1. The van der Waals surface area contributed by atoms with E-state index < -0.39 is 0 Å². The van der Waals surface area contributed by atoms with Crippen LogP contribution in [0.15, 0.2) is 33.7 Å². The van der Waals surface area contributed by atoms with Gasteiger partial charge in [0.1, 0.15) is 5.56 Å². The van der Waals surface area contributed by atoms with Crippen LogP contribution in [0.2, 0.25) is 0 Å². The van der Waals surface area contributed by atoms with Gasteiger partial charge in [-0.05, 0) is 32.0 Å². The predicted molar refractivity (Wildman–Crippen MR) is 88.6 cm³/mol. The summed E-state index contributed by atoms with van der Waals surface area (Å²) in [6, 6.07) is 7.40. The SMILES string of the molecule is CCN(CC(C)C#N)C(=O)c1c[nH]c2ccc(Br)cc2c1=O. The smallest absolute Gasteiger partial charge is 0.259 e. The van der Waals surface area contributed by atoms with Crippen LogP contribution in [0.4, 0.5) is 0 Å². The Bertz CT molecular complexity index is 807. The van der Waals surface area contributed by atoms with E-state index in [1.54, 1.807) is 19.1 Å². The van der Waals surface area contributed by atoms with Gasteiger partial charge in [-0.3, -0.25) is 9.59 Å². The number of hydrogen-bond acceptors (Lipinski definition) is 3. The van der Waals surface area contributed by atoms with Crippen molar-refractivity contribution in [2.24, 2.45) is 5.92 Å². The van der Waals surface area contributed by atoms with Crippen LogP contribution in [-0.2, 0) is 0 Å². The van der Waals surface area contributed by atoms with E-state index in [9.17, 15) is 9.59 Å². The number of rotatable bonds is 4. The molecule has 1 heterocycles. The van der Waals surface area contributed by atoms with Crippen molar-refractivity contribution < 1.29 is 4.79 Å². The van der Waals surface area contributed by atoms with E-state index in [4.69, 9.17) is 5.26 Å². The molecule has 0 aliphatic heterocycles. The van der Waals surface area contributed by atoms with Crippen LogP contribution in [0.5, 0.6) is 0 Å². The van der Waals surface area contributed by atoms with E-state index >= 15 is 0 Å². The highest BCUT2D eigenvalue weighted by Crippen LogP contribution is 2.16. The Balaban J connectivity index is 2.45. The molecule has 2 rings (SSSR count). The first-order chi connectivity index (χ1) is 10.5. The van der Waals surface area contributed by atoms with Crippen molar-refractivity contribution in [2.45, 2.75) is 13.8 Å². The molecule has 114 valence electrons. The largest absolute Gasteiger partial charge is 0.360 e. The van der Waals surface area contributed by atoms with Crippen LogP contribution in [0.1, 0.15) is 24.2 Å². The van der Waals surface area contributed by atoms with Gasteiger partial charge in [0.2, 0.25) is 5.43 Å². The van der Waals surface area contributed by atoms with Gasteiger partial charge in [0.25, 0.3) is 5.91 Å². The lowest BCUT2D eigenvalue weighted by Gasteiger charge is -2.21. The van der Waals surface area contributed by atoms with E-state index in [1.807, 2.05) is 13.0 Å². The third-order valence-electron chi connectivity index (χ3n) is 3.46. The lowest BCUT2D eigenvalue weighted by molar-refractivity contribution is 0.0751. The van der Waals surface area contributed by atoms with Crippen LogP contribution in [0.3, 0.4) is 0 Å². The van der Waals surface area contributed by atoms with Gasteiger partial charge < -0.3 is 9.88 Å². The zero-order valence-corrected chi connectivity index (χ0v) is 14.0. The molecule has 0 radical (unpaired) electrons. The molecule has 0 aliphatic rings. The van der Waals surface area contributed by atoms with Crippen molar-refractivity contribution in [1.82, 2.24) is 9.88 Å². The van der Waals surface area contributed by atoms with Crippen LogP contribution >= 0.6 is 15.9 Å².